The molecular weight excluding hydrogens is 1360 g/mol. The van der Waals surface area contributed by atoms with Crippen LogP contribution in [0.2, 0.25) is 51.4 Å². The Hall–Kier alpha value is -8.90. The van der Waals surface area contributed by atoms with Crippen molar-refractivity contribution in [2.75, 3.05) is 26.9 Å². The predicted octanol–water partition coefficient (Wildman–Crippen LogP) is 12.9. The Balaban J connectivity index is 0.000000156. The lowest BCUT2D eigenvalue weighted by molar-refractivity contribution is -0.143. The molecule has 0 saturated carbocycles. The lowest BCUT2D eigenvalue weighted by Gasteiger charge is -2.15. The van der Waals surface area contributed by atoms with E-state index in [1.165, 1.54) is 11.8 Å². The first-order valence-corrected chi connectivity index (χ1v) is 39.6. The molecule has 0 bridgehead atoms. The SMILES string of the molecule is COC(=O)C(c1ccccc1)n1cc(CC(=O)c2nn(COCC[Si](C)(C)C)c3cc(Br)ccc23)cn1.C[Si](C)(C)CCOCn1nc(C(=O)Cc2cn[nH]c2)c2ccc(Br)cc21.O=C(Cc1cnn(C(CO)c2ccccc2)c1)c1n[nH]c2cc(-c3cn[nH]c3)ccc12. The number of methoxy groups -OCH3 is 1. The molecule has 94 heavy (non-hydrogen) atoms. The second-order valence-electron chi connectivity index (χ2n) is 25.0. The number of benzene rings is 5. The summed E-state index contributed by atoms with van der Waals surface area (Å²) in [5, 5.41) is 50.7. The zero-order chi connectivity index (χ0) is 66.5. The van der Waals surface area contributed by atoms with Crippen molar-refractivity contribution in [1.29, 1.82) is 0 Å². The first-order chi connectivity index (χ1) is 45.2. The van der Waals surface area contributed by atoms with Crippen molar-refractivity contribution < 1.29 is 38.5 Å². The maximum atomic E-state index is 13.4. The number of aliphatic hydroxyl groups is 1. The molecule has 0 spiro atoms. The average Bonchev–Trinajstić information content (AvgIpc) is 1.65. The third kappa shape index (κ3) is 17.5. The third-order valence-corrected chi connectivity index (χ3v) is 19.9. The number of aromatic nitrogens is 14. The topological polar surface area (TPSA) is 274 Å². The molecule has 7 aromatic heterocycles. The Morgan fingerprint density at radius 1 is 0.564 bits per heavy atom. The number of fused-ring (bicyclic) bond motifs is 3. The molecule has 0 aliphatic rings. The normalized spacial score (nSPS) is 12.3. The van der Waals surface area contributed by atoms with Gasteiger partial charge in [-0.3, -0.25) is 39.0 Å². The summed E-state index contributed by atoms with van der Waals surface area (Å²) in [7, 11) is -0.989. The number of hydrogen-bond donors (Lipinski definition) is 4. The van der Waals surface area contributed by atoms with Crippen molar-refractivity contribution in [3.8, 4) is 11.1 Å². The van der Waals surface area contributed by atoms with E-state index in [2.05, 4.69) is 122 Å². The van der Waals surface area contributed by atoms with Gasteiger partial charge in [0, 0.05) is 104 Å². The fourth-order valence-electron chi connectivity index (χ4n) is 10.4. The van der Waals surface area contributed by atoms with Crippen molar-refractivity contribution in [2.24, 2.45) is 0 Å². The van der Waals surface area contributed by atoms with Gasteiger partial charge in [0.05, 0.1) is 61.1 Å². The van der Waals surface area contributed by atoms with Gasteiger partial charge in [0.15, 0.2) is 23.4 Å². The monoisotopic (exact) mass is 1430 g/mol. The fraction of sp³-hybridized carbons (Fsp3) is 0.279. The minimum atomic E-state index is -1.20. The number of esters is 1. The zero-order valence-electron chi connectivity index (χ0n) is 53.3. The molecular formula is C68H74Br2N14O8Si2. The highest BCUT2D eigenvalue weighted by Gasteiger charge is 2.27. The van der Waals surface area contributed by atoms with Crippen LogP contribution in [0.15, 0.2) is 174 Å². The molecule has 2 atom stereocenters. The number of halogens is 2. The molecule has 12 aromatic rings. The summed E-state index contributed by atoms with van der Waals surface area (Å²) in [6.07, 6.45) is 14.3. The maximum Gasteiger partial charge on any atom is 0.335 e. The molecule has 0 saturated heterocycles. The predicted molar refractivity (Wildman–Crippen MR) is 372 cm³/mol. The lowest BCUT2D eigenvalue weighted by Crippen LogP contribution is -2.22. The summed E-state index contributed by atoms with van der Waals surface area (Å²) in [5.74, 6) is -0.694. The molecule has 0 amide bonds. The average molecular weight is 1430 g/mol. The van der Waals surface area contributed by atoms with Gasteiger partial charge < -0.3 is 19.3 Å². The van der Waals surface area contributed by atoms with E-state index in [1.807, 2.05) is 121 Å². The summed E-state index contributed by atoms with van der Waals surface area (Å²) in [6.45, 7) is 15.8. The Kier molecular flexibility index (Phi) is 22.3. The van der Waals surface area contributed by atoms with Crippen LogP contribution >= 0.6 is 31.9 Å². The number of ether oxygens (including phenoxy) is 3. The molecule has 0 radical (unpaired) electrons. The number of aromatic amines is 3. The molecule has 7 heterocycles. The van der Waals surface area contributed by atoms with Crippen LogP contribution in [0.25, 0.3) is 43.8 Å². The number of nitrogens with one attached hydrogen (secondary N) is 3. The number of carbonyl (C=O) groups excluding carboxylic acids is 4. The molecule has 12 rings (SSSR count). The van der Waals surface area contributed by atoms with E-state index in [0.717, 1.165) is 87.1 Å². The van der Waals surface area contributed by atoms with Gasteiger partial charge in [0.2, 0.25) is 0 Å². The van der Waals surface area contributed by atoms with Crippen LogP contribution in [-0.4, -0.2) is 141 Å². The van der Waals surface area contributed by atoms with Crippen molar-refractivity contribution >= 4 is 104 Å². The van der Waals surface area contributed by atoms with Gasteiger partial charge in [-0.2, -0.15) is 35.7 Å². The van der Waals surface area contributed by atoms with Crippen LogP contribution < -0.4 is 0 Å². The van der Waals surface area contributed by atoms with E-state index >= 15 is 0 Å². The minimum absolute atomic E-state index is 0.0282. The van der Waals surface area contributed by atoms with Gasteiger partial charge in [0.25, 0.3) is 0 Å². The number of ketones is 3. The van der Waals surface area contributed by atoms with E-state index in [1.54, 1.807) is 57.4 Å². The third-order valence-electron chi connectivity index (χ3n) is 15.5. The summed E-state index contributed by atoms with van der Waals surface area (Å²) in [6, 6.07) is 37.4. The first kappa shape index (κ1) is 68.0. The van der Waals surface area contributed by atoms with Crippen LogP contribution in [0.5, 0.6) is 0 Å². The molecule has 22 nitrogen and oxygen atoms in total. The molecule has 486 valence electrons. The van der Waals surface area contributed by atoms with Crippen LogP contribution in [0.4, 0.5) is 0 Å². The van der Waals surface area contributed by atoms with Crippen LogP contribution in [0, 0.1) is 0 Å². The van der Waals surface area contributed by atoms with Crippen LogP contribution in [0.3, 0.4) is 0 Å². The zero-order valence-corrected chi connectivity index (χ0v) is 58.5. The van der Waals surface area contributed by atoms with Crippen molar-refractivity contribution in [2.45, 2.75) is 96.2 Å². The Morgan fingerprint density at radius 2 is 1.07 bits per heavy atom. The van der Waals surface area contributed by atoms with Crippen molar-refractivity contribution in [3.05, 3.63) is 219 Å². The van der Waals surface area contributed by atoms with E-state index in [9.17, 15) is 24.3 Å². The van der Waals surface area contributed by atoms with Crippen LogP contribution in [0.1, 0.15) is 71.4 Å². The minimum Gasteiger partial charge on any atom is -0.467 e. The number of H-pyrrole nitrogens is 3. The highest BCUT2D eigenvalue weighted by Crippen LogP contribution is 2.29. The smallest absolute Gasteiger partial charge is 0.335 e. The van der Waals surface area contributed by atoms with Crippen molar-refractivity contribution in [1.82, 2.24) is 69.7 Å². The van der Waals surface area contributed by atoms with E-state index in [0.29, 0.717) is 42.6 Å². The summed E-state index contributed by atoms with van der Waals surface area (Å²) in [5.41, 5.74) is 9.74. The molecule has 5 aromatic carbocycles. The van der Waals surface area contributed by atoms with Crippen molar-refractivity contribution in [3.63, 3.8) is 0 Å². The summed E-state index contributed by atoms with van der Waals surface area (Å²) >= 11 is 7.01. The Labute approximate surface area is 561 Å². The van der Waals surface area contributed by atoms with E-state index in [-0.39, 0.29) is 56.0 Å². The number of hydrogen-bond acceptors (Lipinski definition) is 15. The molecule has 0 fully saturated rings. The van der Waals surface area contributed by atoms with Gasteiger partial charge in [0.1, 0.15) is 30.5 Å². The number of rotatable bonds is 26. The highest BCUT2D eigenvalue weighted by molar-refractivity contribution is 9.10. The lowest BCUT2D eigenvalue weighted by atomic mass is 10.0. The van der Waals surface area contributed by atoms with Crippen LogP contribution in [-0.2, 0) is 51.7 Å². The molecule has 0 aliphatic carbocycles. The largest absolute Gasteiger partial charge is 0.467 e. The highest BCUT2D eigenvalue weighted by atomic mass is 79.9. The van der Waals surface area contributed by atoms with Gasteiger partial charge in [-0.05, 0) is 94.0 Å². The quantitative estimate of drug-likeness (QED) is 0.0170. The fourth-order valence-corrected chi connectivity index (χ4v) is 12.6. The molecule has 26 heteroatoms. The standard InChI is InChI=1S/C27H31BrN4O4Si.C23H20N6O2.C18H23BrN4O2Si/c1-35-27(34)26(20-8-6-5-7-9-20)31-17-19(16-29-31)14-24(33)25-22-11-10-21(28)15-23(22)32(30-25)18-36-12-13-37(2,3)4;30-14-21(16-4-2-1-3-5-16)29-13-15(10-26-29)8-22(31)23-19-7-6-17(9-20(19)27-28-23)18-11-24-25-12-18;1-26(2,3)7-6-25-12-23-16-9-14(19)4-5-15(16)18(22-23)17(24)8-13-10-20-21-11-13/h5-11,15-17,26H,12-14,18H2,1-4H3;1-7,9-13,21,30H,8,14H2,(H,24,25)(H,27,28);4-5,9-11H,6-8,12H2,1-3H3,(H,20,21). The Morgan fingerprint density at radius 3 is 1.60 bits per heavy atom. The molecule has 0 aliphatic heterocycles. The second kappa shape index (κ2) is 30.9. The summed E-state index contributed by atoms with van der Waals surface area (Å²) < 4.78 is 25.3. The first-order valence-electron chi connectivity index (χ1n) is 30.6. The second-order valence-corrected chi connectivity index (χ2v) is 38.1. The maximum absolute atomic E-state index is 13.4. The van der Waals surface area contributed by atoms with E-state index < -0.39 is 28.2 Å². The Bertz CT molecular complexity index is 4520. The number of Topliss-reactive ketones (excluding diaryl/α,β-unsaturated/α-hetero) is 3. The molecule has 4 N–H and O–H groups in total. The van der Waals surface area contributed by atoms with E-state index in [4.69, 9.17) is 14.2 Å². The summed E-state index contributed by atoms with van der Waals surface area (Å²) in [4.78, 5) is 51.6. The number of carbonyl (C=O) groups is 4. The van der Waals surface area contributed by atoms with Gasteiger partial charge in [-0.25, -0.2) is 14.2 Å². The number of aliphatic hydroxyl groups excluding tert-OH is 1. The van der Waals surface area contributed by atoms with Gasteiger partial charge in [-0.1, -0.05) is 138 Å². The molecule has 2 unspecified atom stereocenters. The number of nitrogens with zero attached hydrogens (tertiary/aromatic N) is 11. The van der Waals surface area contributed by atoms with Gasteiger partial charge in [-0.15, -0.1) is 0 Å². The van der Waals surface area contributed by atoms with Gasteiger partial charge >= 0.3 is 5.97 Å².